The number of nitrogens with two attached hydrogens (primary N) is 1. The van der Waals surface area contributed by atoms with Crippen LogP contribution < -0.4 is 5.73 Å². The molecular formula is C3H5N2O. The van der Waals surface area contributed by atoms with E-state index in [0.717, 1.165) is 0 Å². The van der Waals surface area contributed by atoms with Crippen molar-refractivity contribution in [3.63, 3.8) is 0 Å². The predicted octanol–water partition coefficient (Wildman–Crippen LogP) is -0.612. The fourth-order valence-electron chi connectivity index (χ4n) is 0.0871. The highest BCUT2D eigenvalue weighted by molar-refractivity contribution is 5.87. The predicted molar refractivity (Wildman–Crippen MR) is 21.5 cm³/mol. The van der Waals surface area contributed by atoms with Gasteiger partial charge >= 0.3 is 0 Å². The summed E-state index contributed by atoms with van der Waals surface area (Å²) in [6.07, 6.45) is 1.77. The lowest BCUT2D eigenvalue weighted by molar-refractivity contribution is -0.116. The standard InChI is InChI=1S/C3H5N2O/c4-2-1-3(5)6/h4H,1H2,(H2,5,6). The van der Waals surface area contributed by atoms with Gasteiger partial charge in [0, 0.05) is 0 Å². The fourth-order valence-corrected chi connectivity index (χ4v) is 0.0871. The number of nitrogens with one attached hydrogen (secondary N) is 1. The molecule has 3 nitrogen and oxygen atoms in total. The normalized spacial score (nSPS) is 7.33. The van der Waals surface area contributed by atoms with Gasteiger partial charge in [-0.05, 0) is 0 Å². The summed E-state index contributed by atoms with van der Waals surface area (Å²) in [6.45, 7) is 0. The molecule has 0 bridgehead atoms. The van der Waals surface area contributed by atoms with E-state index in [4.69, 9.17) is 5.41 Å². The Morgan fingerprint density at radius 2 is 2.50 bits per heavy atom. The fraction of sp³-hybridized carbons (Fsp3) is 0.333. The molecule has 0 saturated heterocycles. The van der Waals surface area contributed by atoms with Gasteiger partial charge < -0.3 is 11.1 Å². The summed E-state index contributed by atoms with van der Waals surface area (Å²) in [4.78, 5) is 9.64. The van der Waals surface area contributed by atoms with E-state index in [2.05, 4.69) is 5.73 Å². The number of rotatable bonds is 2. The summed E-state index contributed by atoms with van der Waals surface area (Å²) in [5.41, 5.74) is 4.58. The minimum Gasteiger partial charge on any atom is -0.369 e. The van der Waals surface area contributed by atoms with Crippen LogP contribution in [0.4, 0.5) is 0 Å². The van der Waals surface area contributed by atoms with Gasteiger partial charge in [-0.15, -0.1) is 0 Å². The van der Waals surface area contributed by atoms with Crippen LogP contribution in [0.1, 0.15) is 6.42 Å². The SMILES string of the molecule is N=[C]CC(N)=O. The lowest BCUT2D eigenvalue weighted by atomic mass is 10.5. The van der Waals surface area contributed by atoms with E-state index in [0.29, 0.717) is 0 Å². The lowest BCUT2D eigenvalue weighted by Crippen LogP contribution is -2.09. The quantitative estimate of drug-likeness (QED) is 0.431. The topological polar surface area (TPSA) is 66.9 Å². The summed E-state index contributed by atoms with van der Waals surface area (Å²) in [7, 11) is 0. The Bertz CT molecular complexity index is 69.2. The second-order valence-electron chi connectivity index (χ2n) is 0.820. The molecule has 0 heterocycles. The van der Waals surface area contributed by atoms with Gasteiger partial charge in [-0.2, -0.15) is 0 Å². The van der Waals surface area contributed by atoms with Crippen molar-refractivity contribution in [3.05, 3.63) is 0 Å². The first kappa shape index (κ1) is 5.14. The maximum absolute atomic E-state index is 9.64. The van der Waals surface area contributed by atoms with Crippen molar-refractivity contribution >= 4 is 12.1 Å². The second-order valence-corrected chi connectivity index (χ2v) is 0.820. The lowest BCUT2D eigenvalue weighted by Gasteiger charge is -1.74. The maximum atomic E-state index is 9.64. The Balaban J connectivity index is 3.05. The Hall–Kier alpha value is -0.860. The molecule has 0 spiro atoms. The maximum Gasteiger partial charge on any atom is 0.223 e. The van der Waals surface area contributed by atoms with Crippen LogP contribution in [-0.2, 0) is 4.79 Å². The highest BCUT2D eigenvalue weighted by Gasteiger charge is 1.83. The first-order valence-electron chi connectivity index (χ1n) is 1.45. The monoisotopic (exact) mass is 85.0 g/mol. The Morgan fingerprint density at radius 3 is 2.50 bits per heavy atom. The van der Waals surface area contributed by atoms with Crippen LogP contribution >= 0.6 is 0 Å². The third kappa shape index (κ3) is 3.14. The molecule has 6 heavy (non-hydrogen) atoms. The molecule has 0 aliphatic rings. The molecule has 0 aromatic rings. The molecule has 1 amide bonds. The highest BCUT2D eigenvalue weighted by Crippen LogP contribution is 1.61. The molecule has 3 heteroatoms. The third-order valence-electron chi connectivity index (χ3n) is 0.263. The number of carbonyl (C=O) groups is 1. The largest absolute Gasteiger partial charge is 0.369 e. The first-order valence-corrected chi connectivity index (χ1v) is 1.45. The Labute approximate surface area is 35.7 Å². The molecule has 0 fully saturated rings. The van der Waals surface area contributed by atoms with Gasteiger partial charge in [0.2, 0.25) is 5.91 Å². The molecule has 0 aromatic heterocycles. The number of amides is 1. The van der Waals surface area contributed by atoms with Gasteiger partial charge in [-0.3, -0.25) is 4.79 Å². The highest BCUT2D eigenvalue weighted by atomic mass is 16.1. The van der Waals surface area contributed by atoms with Crippen LogP contribution in [0.5, 0.6) is 0 Å². The molecular weight excluding hydrogens is 80.0 g/mol. The van der Waals surface area contributed by atoms with Crippen molar-refractivity contribution < 1.29 is 4.79 Å². The second kappa shape index (κ2) is 2.38. The van der Waals surface area contributed by atoms with Crippen molar-refractivity contribution in [2.24, 2.45) is 5.73 Å². The summed E-state index contributed by atoms with van der Waals surface area (Å²) < 4.78 is 0. The zero-order chi connectivity index (χ0) is 4.99. The van der Waals surface area contributed by atoms with E-state index in [9.17, 15) is 4.79 Å². The smallest absolute Gasteiger partial charge is 0.223 e. The van der Waals surface area contributed by atoms with E-state index in [1.165, 1.54) is 0 Å². The van der Waals surface area contributed by atoms with Gasteiger partial charge in [0.15, 0.2) is 0 Å². The molecule has 0 aliphatic carbocycles. The van der Waals surface area contributed by atoms with Gasteiger partial charge in [0.25, 0.3) is 0 Å². The molecule has 0 saturated carbocycles. The minimum atomic E-state index is -0.509. The molecule has 0 atom stereocenters. The average Bonchev–Trinajstić information content (AvgIpc) is 1.35. The minimum absolute atomic E-state index is 0.0694. The van der Waals surface area contributed by atoms with E-state index in [-0.39, 0.29) is 6.42 Å². The zero-order valence-corrected chi connectivity index (χ0v) is 3.19. The summed E-state index contributed by atoms with van der Waals surface area (Å²) in [5, 5.41) is 6.18. The van der Waals surface area contributed by atoms with Crippen LogP contribution in [0.2, 0.25) is 0 Å². The number of carbonyl (C=O) groups excluding carboxylic acids is 1. The van der Waals surface area contributed by atoms with Crippen molar-refractivity contribution in [2.75, 3.05) is 0 Å². The first-order chi connectivity index (χ1) is 2.77. The van der Waals surface area contributed by atoms with Gasteiger partial charge in [0.05, 0.1) is 12.6 Å². The molecule has 1 radical (unpaired) electrons. The third-order valence-corrected chi connectivity index (χ3v) is 0.263. The van der Waals surface area contributed by atoms with Crippen LogP contribution in [0, 0.1) is 5.41 Å². The van der Waals surface area contributed by atoms with E-state index < -0.39 is 5.91 Å². The van der Waals surface area contributed by atoms with Crippen molar-refractivity contribution in [1.82, 2.24) is 0 Å². The van der Waals surface area contributed by atoms with Crippen molar-refractivity contribution in [1.29, 1.82) is 5.41 Å². The number of hydrogen-bond donors (Lipinski definition) is 2. The summed E-state index contributed by atoms with van der Waals surface area (Å²) in [6, 6.07) is 0. The molecule has 33 valence electrons. The van der Waals surface area contributed by atoms with E-state index in [1.54, 1.807) is 0 Å². The summed E-state index contributed by atoms with van der Waals surface area (Å²) in [5.74, 6) is -0.509. The zero-order valence-electron chi connectivity index (χ0n) is 3.19. The van der Waals surface area contributed by atoms with Crippen LogP contribution in [0.15, 0.2) is 0 Å². The van der Waals surface area contributed by atoms with Crippen LogP contribution in [0.25, 0.3) is 0 Å². The van der Waals surface area contributed by atoms with E-state index in [1.807, 2.05) is 6.21 Å². The van der Waals surface area contributed by atoms with Gasteiger partial charge in [-0.1, -0.05) is 0 Å². The molecule has 0 aromatic carbocycles. The van der Waals surface area contributed by atoms with Crippen LogP contribution in [-0.4, -0.2) is 12.1 Å². The number of primary amides is 1. The molecule has 3 N–H and O–H groups in total. The Kier molecular flexibility index (Phi) is 2.04. The number of hydrogen-bond acceptors (Lipinski definition) is 2. The van der Waals surface area contributed by atoms with E-state index >= 15 is 0 Å². The van der Waals surface area contributed by atoms with Crippen LogP contribution in [0.3, 0.4) is 0 Å². The van der Waals surface area contributed by atoms with Gasteiger partial charge in [-0.25, -0.2) is 0 Å². The molecule has 0 rings (SSSR count). The Morgan fingerprint density at radius 1 is 2.00 bits per heavy atom. The summed E-state index contributed by atoms with van der Waals surface area (Å²) >= 11 is 0. The molecule has 0 unspecified atom stereocenters. The molecule has 0 aliphatic heterocycles. The average molecular weight is 85.1 g/mol. The van der Waals surface area contributed by atoms with Crippen molar-refractivity contribution in [3.8, 4) is 0 Å². The van der Waals surface area contributed by atoms with Crippen molar-refractivity contribution in [2.45, 2.75) is 6.42 Å². The van der Waals surface area contributed by atoms with Gasteiger partial charge in [0.1, 0.15) is 0 Å².